The molecule has 1 aromatic carbocycles. The van der Waals surface area contributed by atoms with Crippen LogP contribution in [-0.4, -0.2) is 23.3 Å². The summed E-state index contributed by atoms with van der Waals surface area (Å²) in [5.74, 6) is 0. The van der Waals surface area contributed by atoms with Gasteiger partial charge in [0.2, 0.25) is 0 Å². The molecule has 1 aromatic heterocycles. The van der Waals surface area contributed by atoms with E-state index in [1.54, 1.807) is 24.5 Å². The summed E-state index contributed by atoms with van der Waals surface area (Å²) in [6.45, 7) is 8.18. The third kappa shape index (κ3) is 7.22. The molecule has 0 aliphatic rings. The Bertz CT molecular complexity index is 610. The van der Waals surface area contributed by atoms with Crippen LogP contribution in [0.25, 0.3) is 0 Å². The first-order valence-corrected chi connectivity index (χ1v) is 8.51. The van der Waals surface area contributed by atoms with Gasteiger partial charge >= 0.3 is 0 Å². The van der Waals surface area contributed by atoms with E-state index in [0.717, 1.165) is 20.1 Å². The topological polar surface area (TPSA) is 42.4 Å². The van der Waals surface area contributed by atoms with Gasteiger partial charge in [0, 0.05) is 26.9 Å². The third-order valence-corrected chi connectivity index (χ3v) is 3.91. The van der Waals surface area contributed by atoms with E-state index in [9.17, 15) is 5.11 Å². The zero-order chi connectivity index (χ0) is 17.1. The van der Waals surface area contributed by atoms with Crippen molar-refractivity contribution in [3.8, 4) is 0 Å². The second kappa shape index (κ2) is 11.3. The van der Waals surface area contributed by atoms with Gasteiger partial charge in [-0.2, -0.15) is 0 Å². The number of nitrogens with zero attached hydrogens (tertiary/aromatic N) is 1. The smallest absolute Gasteiger partial charge is 0.107 e. The Morgan fingerprint density at radius 1 is 1.17 bits per heavy atom. The van der Waals surface area contributed by atoms with E-state index in [0.29, 0.717) is 13.2 Å². The van der Waals surface area contributed by atoms with Gasteiger partial charge in [-0.1, -0.05) is 56.1 Å². The maximum Gasteiger partial charge on any atom is 0.107 e. The molecule has 1 N–H and O–H groups in total. The predicted molar refractivity (Wildman–Crippen MR) is 101 cm³/mol. The van der Waals surface area contributed by atoms with E-state index in [-0.39, 0.29) is 0 Å². The molecule has 23 heavy (non-hydrogen) atoms. The highest BCUT2D eigenvalue weighted by molar-refractivity contribution is 9.11. The first-order chi connectivity index (χ1) is 11.1. The van der Waals surface area contributed by atoms with Gasteiger partial charge in [-0.3, -0.25) is 4.98 Å². The van der Waals surface area contributed by atoms with E-state index in [1.165, 1.54) is 0 Å². The van der Waals surface area contributed by atoms with Crippen LogP contribution in [0.15, 0.2) is 77.0 Å². The molecule has 0 saturated carbocycles. The highest BCUT2D eigenvalue weighted by Gasteiger charge is 2.13. The molecule has 1 atom stereocenters. The van der Waals surface area contributed by atoms with Gasteiger partial charge in [0.25, 0.3) is 0 Å². The summed E-state index contributed by atoms with van der Waals surface area (Å²) in [7, 11) is 0. The SMILES string of the molecule is C=CCOCC=C.OC(c1cccnc1)c1ccc(Br)cc1Br. The lowest BCUT2D eigenvalue weighted by Gasteiger charge is -2.12. The van der Waals surface area contributed by atoms with Gasteiger partial charge in [-0.15, -0.1) is 13.2 Å². The van der Waals surface area contributed by atoms with E-state index in [4.69, 9.17) is 4.74 Å². The average molecular weight is 441 g/mol. The van der Waals surface area contributed by atoms with Crippen LogP contribution in [0.2, 0.25) is 0 Å². The van der Waals surface area contributed by atoms with E-state index < -0.39 is 6.10 Å². The lowest BCUT2D eigenvalue weighted by Crippen LogP contribution is -2.00. The number of hydrogen-bond donors (Lipinski definition) is 1. The van der Waals surface area contributed by atoms with Gasteiger partial charge in [0.05, 0.1) is 13.2 Å². The Morgan fingerprint density at radius 2 is 1.87 bits per heavy atom. The Morgan fingerprint density at radius 3 is 2.39 bits per heavy atom. The van der Waals surface area contributed by atoms with Crippen molar-refractivity contribution >= 4 is 31.9 Å². The summed E-state index contributed by atoms with van der Waals surface area (Å²) in [5, 5.41) is 10.2. The highest BCUT2D eigenvalue weighted by Crippen LogP contribution is 2.30. The number of benzene rings is 1. The molecule has 2 aromatic rings. The maximum atomic E-state index is 10.2. The van der Waals surface area contributed by atoms with E-state index >= 15 is 0 Å². The fraction of sp³-hybridized carbons (Fsp3) is 0.167. The zero-order valence-electron chi connectivity index (χ0n) is 12.7. The molecular formula is C18H19Br2NO2. The van der Waals surface area contributed by atoms with Crippen LogP contribution in [0, 0.1) is 0 Å². The largest absolute Gasteiger partial charge is 0.384 e. The van der Waals surface area contributed by atoms with Crippen molar-refractivity contribution in [2.45, 2.75) is 6.10 Å². The zero-order valence-corrected chi connectivity index (χ0v) is 15.8. The van der Waals surface area contributed by atoms with E-state index in [1.807, 2.05) is 30.3 Å². The number of hydrogen-bond acceptors (Lipinski definition) is 3. The van der Waals surface area contributed by atoms with Crippen molar-refractivity contribution in [2.24, 2.45) is 0 Å². The number of aliphatic hydroxyl groups is 1. The van der Waals surface area contributed by atoms with E-state index in [2.05, 4.69) is 50.0 Å². The van der Waals surface area contributed by atoms with Crippen molar-refractivity contribution in [2.75, 3.05) is 13.2 Å². The van der Waals surface area contributed by atoms with Gasteiger partial charge < -0.3 is 9.84 Å². The van der Waals surface area contributed by atoms with Crippen LogP contribution >= 0.6 is 31.9 Å². The monoisotopic (exact) mass is 439 g/mol. The summed E-state index contributed by atoms with van der Waals surface area (Å²) in [5.41, 5.74) is 1.61. The molecule has 0 aliphatic heterocycles. The molecule has 122 valence electrons. The third-order valence-electron chi connectivity index (χ3n) is 2.73. The fourth-order valence-corrected chi connectivity index (χ4v) is 2.94. The maximum absolute atomic E-state index is 10.2. The normalized spacial score (nSPS) is 11.1. The summed E-state index contributed by atoms with van der Waals surface area (Å²) in [6.07, 6.45) is 6.12. The number of ether oxygens (including phenoxy) is 1. The van der Waals surface area contributed by atoms with Gasteiger partial charge in [0.1, 0.15) is 6.10 Å². The molecule has 1 unspecified atom stereocenters. The predicted octanol–water partition coefficient (Wildman–Crippen LogP) is 5.06. The second-order valence-electron chi connectivity index (χ2n) is 4.47. The van der Waals surface area contributed by atoms with Crippen molar-refractivity contribution in [1.82, 2.24) is 4.98 Å². The van der Waals surface area contributed by atoms with Crippen LogP contribution < -0.4 is 0 Å². The highest BCUT2D eigenvalue weighted by atomic mass is 79.9. The Labute approximate surface area is 154 Å². The molecule has 0 spiro atoms. The number of aliphatic hydroxyl groups excluding tert-OH is 1. The Balaban J connectivity index is 0.000000322. The first-order valence-electron chi connectivity index (χ1n) is 6.92. The van der Waals surface area contributed by atoms with Crippen molar-refractivity contribution in [3.05, 3.63) is 88.1 Å². The van der Waals surface area contributed by atoms with Crippen molar-refractivity contribution in [1.29, 1.82) is 0 Å². The number of halogens is 2. The van der Waals surface area contributed by atoms with Crippen LogP contribution in [0.5, 0.6) is 0 Å². The summed E-state index contributed by atoms with van der Waals surface area (Å²) in [6, 6.07) is 9.36. The Hall–Kier alpha value is -1.27. The summed E-state index contributed by atoms with van der Waals surface area (Å²) >= 11 is 6.81. The molecule has 0 fully saturated rings. The lowest BCUT2D eigenvalue weighted by atomic mass is 10.0. The van der Waals surface area contributed by atoms with Crippen LogP contribution in [0.1, 0.15) is 17.2 Å². The number of aromatic nitrogens is 1. The average Bonchev–Trinajstić information content (AvgIpc) is 2.56. The quantitative estimate of drug-likeness (QED) is 0.504. The van der Waals surface area contributed by atoms with Crippen molar-refractivity contribution < 1.29 is 9.84 Å². The molecule has 0 aliphatic carbocycles. The van der Waals surface area contributed by atoms with Crippen molar-refractivity contribution in [3.63, 3.8) is 0 Å². The molecule has 0 bridgehead atoms. The lowest BCUT2D eigenvalue weighted by molar-refractivity contribution is 0.194. The number of rotatable bonds is 6. The molecule has 0 radical (unpaired) electrons. The van der Waals surface area contributed by atoms with Crippen LogP contribution in [0.3, 0.4) is 0 Å². The molecule has 0 saturated heterocycles. The molecule has 3 nitrogen and oxygen atoms in total. The first kappa shape index (κ1) is 19.8. The standard InChI is InChI=1S/C12H9Br2NO.C6H10O/c13-9-3-4-10(11(14)6-9)12(16)8-2-1-5-15-7-8;1-3-5-7-6-4-2/h1-7,12,16H;3-4H,1-2,5-6H2. The van der Waals surface area contributed by atoms with Crippen LogP contribution in [0.4, 0.5) is 0 Å². The van der Waals surface area contributed by atoms with Gasteiger partial charge in [-0.25, -0.2) is 0 Å². The minimum Gasteiger partial charge on any atom is -0.384 e. The summed E-state index contributed by atoms with van der Waals surface area (Å²) in [4.78, 5) is 3.99. The molecule has 2 rings (SSSR count). The molecule has 1 heterocycles. The van der Waals surface area contributed by atoms with Gasteiger partial charge in [0.15, 0.2) is 0 Å². The number of pyridine rings is 1. The fourth-order valence-electron chi connectivity index (χ4n) is 1.68. The molecule has 5 heteroatoms. The second-order valence-corrected chi connectivity index (χ2v) is 6.24. The van der Waals surface area contributed by atoms with Gasteiger partial charge in [-0.05, 0) is 23.8 Å². The summed E-state index contributed by atoms with van der Waals surface area (Å²) < 4.78 is 6.74. The minimum atomic E-state index is -0.656. The minimum absolute atomic E-state index is 0.617. The Kier molecular flexibility index (Phi) is 9.71. The van der Waals surface area contributed by atoms with Crippen LogP contribution in [-0.2, 0) is 4.74 Å². The molecular weight excluding hydrogens is 422 g/mol. The molecule has 0 amide bonds.